The molecule has 0 bridgehead atoms. The number of amides is 3. The topological polar surface area (TPSA) is 154 Å². The van der Waals surface area contributed by atoms with Crippen molar-refractivity contribution in [3.05, 3.63) is 59.2 Å². The molecule has 2 aromatic carbocycles. The molecule has 4 N–H and O–H groups in total. The first-order chi connectivity index (χ1) is 19.3. The third-order valence-electron chi connectivity index (χ3n) is 6.79. The first-order valence-electron chi connectivity index (χ1n) is 13.5. The summed E-state index contributed by atoms with van der Waals surface area (Å²) in [5.41, 5.74) is 0.785. The predicted molar refractivity (Wildman–Crippen MR) is 150 cm³/mol. The summed E-state index contributed by atoms with van der Waals surface area (Å²) in [5.74, 6) is -1.70. The van der Waals surface area contributed by atoms with Crippen LogP contribution >= 0.6 is 0 Å². The van der Waals surface area contributed by atoms with Gasteiger partial charge in [-0.05, 0) is 87.9 Å². The number of ether oxygens (including phenoxy) is 2. The van der Waals surface area contributed by atoms with Crippen LogP contribution in [0.2, 0.25) is 0 Å². The number of hydrogen-bond donors (Lipinski definition) is 4. The summed E-state index contributed by atoms with van der Waals surface area (Å²) in [5, 5.41) is 25.1. The molecule has 222 valence electrons. The Kier molecular flexibility index (Phi) is 10.2. The van der Waals surface area contributed by atoms with Crippen molar-refractivity contribution in [3.8, 4) is 11.5 Å². The highest BCUT2D eigenvalue weighted by atomic mass is 16.6. The summed E-state index contributed by atoms with van der Waals surface area (Å²) in [6, 6.07) is 8.27. The van der Waals surface area contributed by atoms with Crippen molar-refractivity contribution >= 4 is 23.9 Å². The van der Waals surface area contributed by atoms with Crippen LogP contribution in [0.5, 0.6) is 11.5 Å². The van der Waals surface area contributed by atoms with E-state index in [1.54, 1.807) is 52.0 Å². The predicted octanol–water partition coefficient (Wildman–Crippen LogP) is 3.25. The van der Waals surface area contributed by atoms with Crippen molar-refractivity contribution in [2.45, 2.75) is 77.1 Å². The molecule has 3 amide bonds. The molecule has 11 nitrogen and oxygen atoms in total. The maximum absolute atomic E-state index is 14.4. The van der Waals surface area contributed by atoms with E-state index in [1.807, 2.05) is 0 Å². The second-order valence-corrected chi connectivity index (χ2v) is 11.1. The zero-order valence-corrected chi connectivity index (χ0v) is 24.1. The fraction of sp³-hybridized carbons (Fsp3) is 0.467. The monoisotopic (exact) mass is 569 g/mol. The van der Waals surface area contributed by atoms with Crippen LogP contribution in [0.4, 0.5) is 4.79 Å². The molecule has 11 heteroatoms. The number of aromatic hydroxyl groups is 2. The van der Waals surface area contributed by atoms with E-state index in [0.717, 1.165) is 6.42 Å². The minimum absolute atomic E-state index is 0.0285. The summed E-state index contributed by atoms with van der Waals surface area (Å²) in [6.45, 7) is 6.40. The highest BCUT2D eigenvalue weighted by Gasteiger charge is 2.42. The Morgan fingerprint density at radius 2 is 1.71 bits per heavy atom. The number of rotatable bonds is 10. The second-order valence-electron chi connectivity index (χ2n) is 11.1. The van der Waals surface area contributed by atoms with Gasteiger partial charge in [0.2, 0.25) is 11.8 Å². The molecule has 0 heterocycles. The molecule has 0 spiro atoms. The van der Waals surface area contributed by atoms with Crippen molar-refractivity contribution in [1.82, 2.24) is 15.5 Å². The van der Waals surface area contributed by atoms with Crippen LogP contribution in [0.1, 0.15) is 62.8 Å². The van der Waals surface area contributed by atoms with Gasteiger partial charge in [-0.2, -0.15) is 0 Å². The standard InChI is InChI=1S/C30H39N3O8/c1-18-15-20(11-14-24(18)35)26(27(37)31-17-25(36)40-5)33(21-7-6-8-21)28(38)23(32-29(39)41-30(2,3)4)16-19-9-12-22(34)13-10-19/h9-15,21,23,26,34-35H,6-8,16-17H2,1-5H3,(H,31,37)(H,32,39). The Morgan fingerprint density at radius 3 is 2.24 bits per heavy atom. The molecule has 1 fully saturated rings. The van der Waals surface area contributed by atoms with E-state index in [2.05, 4.69) is 15.4 Å². The molecule has 0 aromatic heterocycles. The number of nitrogens with one attached hydrogen (secondary N) is 2. The minimum Gasteiger partial charge on any atom is -0.508 e. The van der Waals surface area contributed by atoms with Crippen LogP contribution in [0.15, 0.2) is 42.5 Å². The van der Waals surface area contributed by atoms with E-state index in [-0.39, 0.29) is 24.0 Å². The Bertz CT molecular complexity index is 1250. The number of hydrogen-bond acceptors (Lipinski definition) is 8. The summed E-state index contributed by atoms with van der Waals surface area (Å²) >= 11 is 0. The molecule has 2 unspecified atom stereocenters. The van der Waals surface area contributed by atoms with E-state index in [0.29, 0.717) is 29.5 Å². The van der Waals surface area contributed by atoms with Crippen LogP contribution in [-0.4, -0.2) is 70.3 Å². The van der Waals surface area contributed by atoms with Crippen LogP contribution in [0.3, 0.4) is 0 Å². The number of carbonyl (C=O) groups is 4. The highest BCUT2D eigenvalue weighted by Crippen LogP contribution is 2.35. The lowest BCUT2D eigenvalue weighted by Gasteiger charge is -2.43. The van der Waals surface area contributed by atoms with Gasteiger partial charge in [0.05, 0.1) is 7.11 Å². The van der Waals surface area contributed by atoms with Gasteiger partial charge in [-0.1, -0.05) is 18.2 Å². The first kappa shape index (κ1) is 31.3. The third-order valence-corrected chi connectivity index (χ3v) is 6.79. The van der Waals surface area contributed by atoms with Crippen LogP contribution < -0.4 is 10.6 Å². The molecule has 41 heavy (non-hydrogen) atoms. The molecule has 2 aromatic rings. The Hall–Kier alpha value is -4.28. The van der Waals surface area contributed by atoms with E-state index < -0.39 is 48.1 Å². The number of carbonyl (C=O) groups excluding carboxylic acids is 4. The fourth-order valence-electron chi connectivity index (χ4n) is 4.50. The van der Waals surface area contributed by atoms with Gasteiger partial charge in [0.1, 0.15) is 35.7 Å². The molecule has 1 aliphatic rings. The summed E-state index contributed by atoms with van der Waals surface area (Å²) in [4.78, 5) is 54.2. The van der Waals surface area contributed by atoms with E-state index >= 15 is 0 Å². The van der Waals surface area contributed by atoms with Gasteiger partial charge in [-0.25, -0.2) is 4.79 Å². The highest BCUT2D eigenvalue weighted by molar-refractivity contribution is 5.93. The average molecular weight is 570 g/mol. The lowest BCUT2D eigenvalue weighted by molar-refractivity contribution is -0.148. The smallest absolute Gasteiger partial charge is 0.408 e. The Labute approximate surface area is 239 Å². The molecular weight excluding hydrogens is 530 g/mol. The summed E-state index contributed by atoms with van der Waals surface area (Å²) in [6.07, 6.45) is 1.40. The van der Waals surface area contributed by atoms with E-state index in [9.17, 15) is 29.4 Å². The zero-order valence-electron chi connectivity index (χ0n) is 24.1. The van der Waals surface area contributed by atoms with Gasteiger partial charge in [0, 0.05) is 12.5 Å². The zero-order chi connectivity index (χ0) is 30.3. The number of esters is 1. The van der Waals surface area contributed by atoms with Crippen LogP contribution in [-0.2, 0) is 30.3 Å². The lowest BCUT2D eigenvalue weighted by Crippen LogP contribution is -2.58. The normalized spacial score (nSPS) is 14.7. The Balaban J connectivity index is 2.05. The maximum Gasteiger partial charge on any atom is 0.408 e. The fourth-order valence-corrected chi connectivity index (χ4v) is 4.50. The van der Waals surface area contributed by atoms with Gasteiger partial charge in [-0.3, -0.25) is 14.4 Å². The van der Waals surface area contributed by atoms with Gasteiger partial charge >= 0.3 is 12.1 Å². The van der Waals surface area contributed by atoms with Gasteiger partial charge in [0.25, 0.3) is 0 Å². The lowest BCUT2D eigenvalue weighted by atomic mass is 9.87. The number of phenolic OH excluding ortho intramolecular Hbond substituents is 2. The van der Waals surface area contributed by atoms with E-state index in [4.69, 9.17) is 4.74 Å². The van der Waals surface area contributed by atoms with Crippen molar-refractivity contribution in [2.75, 3.05) is 13.7 Å². The molecule has 1 aliphatic carbocycles. The number of benzene rings is 2. The molecule has 1 saturated carbocycles. The number of phenols is 2. The number of alkyl carbamates (subject to hydrolysis) is 1. The first-order valence-corrected chi connectivity index (χ1v) is 13.5. The van der Waals surface area contributed by atoms with Gasteiger partial charge in [-0.15, -0.1) is 0 Å². The number of aryl methyl sites for hydroxylation is 1. The largest absolute Gasteiger partial charge is 0.508 e. The van der Waals surface area contributed by atoms with Crippen molar-refractivity contribution in [3.63, 3.8) is 0 Å². The van der Waals surface area contributed by atoms with Crippen LogP contribution in [0.25, 0.3) is 0 Å². The van der Waals surface area contributed by atoms with Crippen molar-refractivity contribution in [1.29, 1.82) is 0 Å². The SMILES string of the molecule is COC(=O)CNC(=O)C(c1ccc(O)c(C)c1)N(C(=O)C(Cc1ccc(O)cc1)NC(=O)OC(C)(C)C)C1CCC1. The minimum atomic E-state index is -1.17. The summed E-state index contributed by atoms with van der Waals surface area (Å²) < 4.78 is 10.1. The number of methoxy groups -OCH3 is 1. The molecule has 0 radical (unpaired) electrons. The quantitative estimate of drug-likeness (QED) is 0.318. The van der Waals surface area contributed by atoms with Crippen LogP contribution in [0, 0.1) is 6.92 Å². The third kappa shape index (κ3) is 8.60. The average Bonchev–Trinajstić information content (AvgIpc) is 2.87. The van der Waals surface area contributed by atoms with Crippen molar-refractivity contribution < 1.29 is 38.9 Å². The number of nitrogens with zero attached hydrogens (tertiary/aromatic N) is 1. The van der Waals surface area contributed by atoms with Gasteiger partial charge in [0.15, 0.2) is 0 Å². The maximum atomic E-state index is 14.4. The molecule has 0 aliphatic heterocycles. The van der Waals surface area contributed by atoms with Crippen molar-refractivity contribution in [2.24, 2.45) is 0 Å². The second kappa shape index (κ2) is 13.4. The molecule has 0 saturated heterocycles. The molecule has 3 rings (SSSR count). The molecular formula is C30H39N3O8. The summed E-state index contributed by atoms with van der Waals surface area (Å²) in [7, 11) is 1.20. The Morgan fingerprint density at radius 1 is 1.05 bits per heavy atom. The van der Waals surface area contributed by atoms with Gasteiger partial charge < -0.3 is 35.2 Å². The van der Waals surface area contributed by atoms with E-state index in [1.165, 1.54) is 30.2 Å². The molecule has 2 atom stereocenters.